The van der Waals surface area contributed by atoms with Crippen molar-refractivity contribution in [3.8, 4) is 5.75 Å². The number of nitrogens with zero attached hydrogens (tertiary/aromatic N) is 1. The van der Waals surface area contributed by atoms with Gasteiger partial charge in [-0.2, -0.15) is 0 Å². The average molecular weight is 249 g/mol. The molecular weight excluding hydrogens is 230 g/mol. The Morgan fingerprint density at radius 2 is 1.83 bits per heavy atom. The summed E-state index contributed by atoms with van der Waals surface area (Å²) in [5.74, 6) is 0.638. The summed E-state index contributed by atoms with van der Waals surface area (Å²) in [5.41, 5.74) is 0.475. The fourth-order valence-electron chi connectivity index (χ4n) is 1.08. The molecule has 0 atom stereocenters. The van der Waals surface area contributed by atoms with Gasteiger partial charge in [-0.1, -0.05) is 13.8 Å². The first-order valence-electron chi connectivity index (χ1n) is 5.70. The van der Waals surface area contributed by atoms with E-state index in [4.69, 9.17) is 4.74 Å². The monoisotopic (exact) mass is 249 g/mol. The third-order valence-corrected chi connectivity index (χ3v) is 1.90. The molecule has 0 aliphatic carbocycles. The molecule has 0 heterocycles. The maximum Gasteiger partial charge on any atom is 0.337 e. The number of hydrogen-bond acceptors (Lipinski definition) is 4. The van der Waals surface area contributed by atoms with Gasteiger partial charge >= 0.3 is 5.97 Å². The van der Waals surface area contributed by atoms with Crippen LogP contribution in [0.5, 0.6) is 5.75 Å². The molecule has 0 N–H and O–H groups in total. The van der Waals surface area contributed by atoms with Crippen molar-refractivity contribution in [2.45, 2.75) is 20.8 Å². The van der Waals surface area contributed by atoms with Gasteiger partial charge in [0.1, 0.15) is 5.75 Å². The van der Waals surface area contributed by atoms with Crippen molar-refractivity contribution in [1.29, 1.82) is 0 Å². The minimum Gasteiger partial charge on any atom is -0.465 e. The van der Waals surface area contributed by atoms with Crippen molar-refractivity contribution in [1.82, 2.24) is 0 Å². The quantitative estimate of drug-likeness (QED) is 0.466. The maximum atomic E-state index is 11.2. The number of ether oxygens (including phenoxy) is 2. The summed E-state index contributed by atoms with van der Waals surface area (Å²) in [7, 11) is 1.34. The van der Waals surface area contributed by atoms with Crippen LogP contribution < -0.4 is 4.74 Å². The van der Waals surface area contributed by atoms with Crippen molar-refractivity contribution >= 4 is 12.7 Å². The van der Waals surface area contributed by atoms with Crippen molar-refractivity contribution in [3.63, 3.8) is 0 Å². The van der Waals surface area contributed by atoms with E-state index in [-0.39, 0.29) is 5.97 Å². The van der Waals surface area contributed by atoms with Crippen LogP contribution >= 0.6 is 0 Å². The van der Waals surface area contributed by atoms with Crippen molar-refractivity contribution in [3.05, 3.63) is 41.8 Å². The summed E-state index contributed by atoms with van der Waals surface area (Å²) in [6.45, 7) is 9.17. The molecule has 0 unspecified atom stereocenters. The Balaban J connectivity index is 0.00000137. The molecule has 0 saturated carbocycles. The van der Waals surface area contributed by atoms with Crippen LogP contribution in [0.4, 0.5) is 0 Å². The van der Waals surface area contributed by atoms with E-state index >= 15 is 0 Å². The maximum absolute atomic E-state index is 11.2. The zero-order valence-electron chi connectivity index (χ0n) is 11.3. The number of esters is 1. The van der Waals surface area contributed by atoms with Crippen LogP contribution in [0.2, 0.25) is 0 Å². The summed E-state index contributed by atoms with van der Waals surface area (Å²) in [5, 5.41) is 0. The number of methoxy groups -OCH3 is 1. The zero-order chi connectivity index (χ0) is 14.0. The number of carbonyl (C=O) groups excluding carboxylic acids is 1. The second kappa shape index (κ2) is 8.98. The van der Waals surface area contributed by atoms with Gasteiger partial charge in [-0.25, -0.2) is 9.79 Å². The van der Waals surface area contributed by atoms with E-state index in [1.807, 2.05) is 13.8 Å². The predicted octanol–water partition coefficient (Wildman–Crippen LogP) is 3.44. The molecule has 0 aromatic heterocycles. The molecule has 1 rings (SSSR count). The van der Waals surface area contributed by atoms with Gasteiger partial charge in [0.05, 0.1) is 12.7 Å². The first kappa shape index (κ1) is 15.9. The second-order valence-electron chi connectivity index (χ2n) is 2.90. The lowest BCUT2D eigenvalue weighted by molar-refractivity contribution is 0.0600. The molecule has 98 valence electrons. The van der Waals surface area contributed by atoms with E-state index in [9.17, 15) is 4.79 Å². The molecule has 1 aromatic carbocycles. The minimum absolute atomic E-state index is 0.375. The van der Waals surface area contributed by atoms with Crippen LogP contribution in [-0.4, -0.2) is 19.8 Å². The van der Waals surface area contributed by atoms with E-state index in [0.29, 0.717) is 17.2 Å². The first-order valence-corrected chi connectivity index (χ1v) is 5.70. The zero-order valence-corrected chi connectivity index (χ0v) is 11.3. The highest BCUT2D eigenvalue weighted by Crippen LogP contribution is 2.15. The van der Waals surface area contributed by atoms with E-state index < -0.39 is 0 Å². The van der Waals surface area contributed by atoms with Crippen LogP contribution in [0.15, 0.2) is 41.2 Å². The molecule has 18 heavy (non-hydrogen) atoms. The van der Waals surface area contributed by atoms with Gasteiger partial charge < -0.3 is 9.47 Å². The van der Waals surface area contributed by atoms with Crippen molar-refractivity contribution in [2.75, 3.05) is 7.11 Å². The Hall–Kier alpha value is -2.10. The smallest absolute Gasteiger partial charge is 0.337 e. The molecule has 0 spiro atoms. The molecule has 0 radical (unpaired) electrons. The van der Waals surface area contributed by atoms with Gasteiger partial charge in [-0.05, 0) is 44.0 Å². The minimum atomic E-state index is -0.375. The highest BCUT2D eigenvalue weighted by Gasteiger charge is 2.05. The van der Waals surface area contributed by atoms with Crippen LogP contribution in [0.25, 0.3) is 0 Å². The van der Waals surface area contributed by atoms with E-state index in [1.54, 1.807) is 37.3 Å². The average Bonchev–Trinajstić information content (AvgIpc) is 2.46. The molecule has 0 aliphatic rings. The standard InChI is InChI=1S/C12H13NO3.C2H6/c1-4-11(13-2)16-10-7-5-9(6-8-10)12(14)15-3;1-2/h4-8H,2H2,1,3H3;1-2H3/b11-4+;. The molecule has 1 aromatic rings. The summed E-state index contributed by atoms with van der Waals surface area (Å²) in [4.78, 5) is 14.8. The molecule has 0 aliphatic heterocycles. The Morgan fingerprint density at radius 3 is 2.22 bits per heavy atom. The van der Waals surface area contributed by atoms with Gasteiger partial charge in [0.25, 0.3) is 0 Å². The molecular formula is C14H19NO3. The normalized spacial score (nSPS) is 9.89. The summed E-state index contributed by atoms with van der Waals surface area (Å²) in [6.07, 6.45) is 1.70. The van der Waals surface area contributed by atoms with Gasteiger partial charge in [0.15, 0.2) is 0 Å². The second-order valence-corrected chi connectivity index (χ2v) is 2.90. The van der Waals surface area contributed by atoms with Crippen molar-refractivity contribution < 1.29 is 14.3 Å². The van der Waals surface area contributed by atoms with Gasteiger partial charge in [-0.3, -0.25) is 0 Å². The van der Waals surface area contributed by atoms with Crippen LogP contribution in [0.3, 0.4) is 0 Å². The number of carbonyl (C=O) groups is 1. The molecule has 0 saturated heterocycles. The Kier molecular flexibility index (Phi) is 7.94. The Bertz CT molecular complexity index is 408. The van der Waals surface area contributed by atoms with Crippen LogP contribution in [-0.2, 0) is 4.74 Å². The number of rotatable bonds is 4. The fraction of sp³-hybridized carbons (Fsp3) is 0.286. The van der Waals surface area contributed by atoms with Gasteiger partial charge in [0, 0.05) is 0 Å². The third-order valence-electron chi connectivity index (χ3n) is 1.90. The Labute approximate surface area is 108 Å². The number of benzene rings is 1. The molecule has 4 heteroatoms. The van der Waals surface area contributed by atoms with E-state index in [1.165, 1.54) is 7.11 Å². The predicted molar refractivity (Wildman–Crippen MR) is 73.1 cm³/mol. The van der Waals surface area contributed by atoms with Crippen LogP contribution in [0, 0.1) is 0 Å². The number of hydrogen-bond donors (Lipinski definition) is 0. The fourth-order valence-corrected chi connectivity index (χ4v) is 1.08. The van der Waals surface area contributed by atoms with Gasteiger partial charge in [0.2, 0.25) is 5.88 Å². The largest absolute Gasteiger partial charge is 0.465 e. The van der Waals surface area contributed by atoms with Gasteiger partial charge in [-0.15, -0.1) is 0 Å². The lowest BCUT2D eigenvalue weighted by Gasteiger charge is -2.05. The first-order chi connectivity index (χ1) is 8.71. The summed E-state index contributed by atoms with van der Waals surface area (Å²) < 4.78 is 9.94. The molecule has 0 bridgehead atoms. The molecule has 0 fully saturated rings. The van der Waals surface area contributed by atoms with E-state index in [0.717, 1.165) is 0 Å². The topological polar surface area (TPSA) is 47.9 Å². The lowest BCUT2D eigenvalue weighted by atomic mass is 10.2. The Morgan fingerprint density at radius 1 is 1.28 bits per heavy atom. The number of aliphatic imine (C=N–C) groups is 1. The molecule has 4 nitrogen and oxygen atoms in total. The third kappa shape index (κ3) is 4.82. The lowest BCUT2D eigenvalue weighted by Crippen LogP contribution is -2.00. The van der Waals surface area contributed by atoms with E-state index in [2.05, 4.69) is 16.4 Å². The summed E-state index contributed by atoms with van der Waals surface area (Å²) >= 11 is 0. The van der Waals surface area contributed by atoms with Crippen molar-refractivity contribution in [2.24, 2.45) is 4.99 Å². The summed E-state index contributed by atoms with van der Waals surface area (Å²) in [6, 6.07) is 6.58. The highest BCUT2D eigenvalue weighted by molar-refractivity contribution is 5.89. The number of allylic oxidation sites excluding steroid dienone is 1. The SMILES string of the molecule is C=N/C(=C\C)Oc1ccc(C(=O)OC)cc1.CC. The highest BCUT2D eigenvalue weighted by atomic mass is 16.5. The van der Waals surface area contributed by atoms with Crippen LogP contribution in [0.1, 0.15) is 31.1 Å². The molecule has 0 amide bonds.